The van der Waals surface area contributed by atoms with Crippen LogP contribution < -0.4 is 10.6 Å². The molecule has 0 aliphatic rings. The van der Waals surface area contributed by atoms with Gasteiger partial charge in [-0.2, -0.15) is 0 Å². The minimum atomic E-state index is -0.827. The van der Waals surface area contributed by atoms with Gasteiger partial charge >= 0.3 is 5.97 Å². The van der Waals surface area contributed by atoms with Gasteiger partial charge in [-0.05, 0) is 11.1 Å². The largest absolute Gasteiger partial charge is 0.481 e. The van der Waals surface area contributed by atoms with E-state index in [-0.39, 0.29) is 12.3 Å². The molecule has 0 spiro atoms. The van der Waals surface area contributed by atoms with E-state index in [0.29, 0.717) is 19.5 Å². The topological polar surface area (TPSA) is 78.4 Å². The summed E-state index contributed by atoms with van der Waals surface area (Å²) in [4.78, 5) is 21.5. The summed E-state index contributed by atoms with van der Waals surface area (Å²) in [5, 5.41) is 14.3. The SMILES string of the molecule is CNC(=O)CCNCc1ccc(CC(=O)O)cc1. The number of carboxylic acid groups (broad SMARTS) is 1. The molecule has 0 unspecified atom stereocenters. The normalized spacial score (nSPS) is 10.1. The summed E-state index contributed by atoms with van der Waals surface area (Å²) in [6, 6.07) is 7.41. The zero-order chi connectivity index (χ0) is 13.4. The molecule has 1 aromatic carbocycles. The zero-order valence-electron chi connectivity index (χ0n) is 10.4. The fourth-order valence-electron chi connectivity index (χ4n) is 1.51. The van der Waals surface area contributed by atoms with E-state index >= 15 is 0 Å². The lowest BCUT2D eigenvalue weighted by Crippen LogP contribution is -2.24. The number of hydrogen-bond acceptors (Lipinski definition) is 3. The highest BCUT2D eigenvalue weighted by Crippen LogP contribution is 2.05. The number of hydrogen-bond donors (Lipinski definition) is 3. The standard InChI is InChI=1S/C13H18N2O3/c1-14-12(16)6-7-15-9-11-4-2-10(3-5-11)8-13(17)18/h2-5,15H,6-9H2,1H3,(H,14,16)(H,17,18). The Bertz CT molecular complexity index is 401. The molecule has 1 aromatic rings. The lowest BCUT2D eigenvalue weighted by atomic mass is 10.1. The van der Waals surface area contributed by atoms with Gasteiger partial charge in [0, 0.05) is 26.6 Å². The molecule has 1 amide bonds. The number of rotatable bonds is 7. The van der Waals surface area contributed by atoms with Gasteiger partial charge in [-0.3, -0.25) is 9.59 Å². The van der Waals surface area contributed by atoms with Crippen molar-refractivity contribution in [3.63, 3.8) is 0 Å². The summed E-state index contributed by atoms with van der Waals surface area (Å²) >= 11 is 0. The van der Waals surface area contributed by atoms with Crippen molar-refractivity contribution in [3.05, 3.63) is 35.4 Å². The average molecular weight is 250 g/mol. The Hall–Kier alpha value is -1.88. The molecule has 1 rings (SSSR count). The number of benzene rings is 1. The number of carboxylic acids is 1. The van der Waals surface area contributed by atoms with Gasteiger partial charge < -0.3 is 15.7 Å². The third-order valence-corrected chi connectivity index (χ3v) is 2.52. The summed E-state index contributed by atoms with van der Waals surface area (Å²) in [5.41, 5.74) is 1.86. The summed E-state index contributed by atoms with van der Waals surface area (Å²) in [7, 11) is 1.61. The van der Waals surface area contributed by atoms with Crippen molar-refractivity contribution in [2.24, 2.45) is 0 Å². The second-order valence-electron chi connectivity index (χ2n) is 3.99. The molecule has 5 nitrogen and oxygen atoms in total. The van der Waals surface area contributed by atoms with Crippen LogP contribution >= 0.6 is 0 Å². The summed E-state index contributed by atoms with van der Waals surface area (Å²) in [6.07, 6.45) is 0.498. The van der Waals surface area contributed by atoms with E-state index in [1.807, 2.05) is 24.3 Å². The zero-order valence-corrected chi connectivity index (χ0v) is 10.4. The van der Waals surface area contributed by atoms with Gasteiger partial charge in [0.25, 0.3) is 0 Å². The molecular formula is C13H18N2O3. The second-order valence-corrected chi connectivity index (χ2v) is 3.99. The van der Waals surface area contributed by atoms with Gasteiger partial charge in [0.1, 0.15) is 0 Å². The van der Waals surface area contributed by atoms with Crippen LogP contribution in [0.4, 0.5) is 0 Å². The van der Waals surface area contributed by atoms with Crippen LogP contribution in [0.2, 0.25) is 0 Å². The first-order chi connectivity index (χ1) is 8.61. The van der Waals surface area contributed by atoms with Crippen molar-refractivity contribution in [2.45, 2.75) is 19.4 Å². The van der Waals surface area contributed by atoms with Crippen LogP contribution in [-0.2, 0) is 22.6 Å². The molecule has 0 radical (unpaired) electrons. The van der Waals surface area contributed by atoms with Crippen molar-refractivity contribution in [1.29, 1.82) is 0 Å². The number of nitrogens with one attached hydrogen (secondary N) is 2. The van der Waals surface area contributed by atoms with Gasteiger partial charge in [-0.15, -0.1) is 0 Å². The van der Waals surface area contributed by atoms with Crippen molar-refractivity contribution < 1.29 is 14.7 Å². The summed E-state index contributed by atoms with van der Waals surface area (Å²) in [5.74, 6) is -0.814. The van der Waals surface area contributed by atoms with E-state index in [9.17, 15) is 9.59 Å². The van der Waals surface area contributed by atoms with E-state index in [2.05, 4.69) is 10.6 Å². The number of carbonyl (C=O) groups is 2. The van der Waals surface area contributed by atoms with Crippen LogP contribution in [-0.4, -0.2) is 30.6 Å². The molecule has 98 valence electrons. The molecule has 0 heterocycles. The molecule has 0 aliphatic heterocycles. The van der Waals surface area contributed by atoms with Gasteiger partial charge in [-0.25, -0.2) is 0 Å². The van der Waals surface area contributed by atoms with Crippen molar-refractivity contribution in [3.8, 4) is 0 Å². The summed E-state index contributed by atoms with van der Waals surface area (Å²) < 4.78 is 0. The Morgan fingerprint density at radius 2 is 1.78 bits per heavy atom. The lowest BCUT2D eigenvalue weighted by Gasteiger charge is -2.05. The van der Waals surface area contributed by atoms with Gasteiger partial charge in [0.2, 0.25) is 5.91 Å². The highest BCUT2D eigenvalue weighted by Gasteiger charge is 2.01. The quantitative estimate of drug-likeness (QED) is 0.617. The fourth-order valence-corrected chi connectivity index (χ4v) is 1.51. The summed E-state index contributed by atoms with van der Waals surface area (Å²) in [6.45, 7) is 1.29. The first-order valence-corrected chi connectivity index (χ1v) is 5.82. The van der Waals surface area contributed by atoms with Crippen LogP contribution in [0.3, 0.4) is 0 Å². The van der Waals surface area contributed by atoms with Crippen LogP contribution in [0.25, 0.3) is 0 Å². The molecule has 0 saturated carbocycles. The maximum atomic E-state index is 11.0. The van der Waals surface area contributed by atoms with E-state index in [1.54, 1.807) is 7.05 Å². The second kappa shape index (κ2) is 7.45. The highest BCUT2D eigenvalue weighted by molar-refractivity contribution is 5.75. The predicted molar refractivity (Wildman–Crippen MR) is 68.2 cm³/mol. The van der Waals surface area contributed by atoms with Crippen molar-refractivity contribution >= 4 is 11.9 Å². The van der Waals surface area contributed by atoms with E-state index < -0.39 is 5.97 Å². The van der Waals surface area contributed by atoms with Crippen molar-refractivity contribution in [2.75, 3.05) is 13.6 Å². The third kappa shape index (κ3) is 5.45. The molecule has 5 heteroatoms. The predicted octanol–water partition coefficient (Wildman–Crippen LogP) is 0.539. The molecule has 0 aromatic heterocycles. The van der Waals surface area contributed by atoms with E-state index in [4.69, 9.17) is 5.11 Å². The first kappa shape index (κ1) is 14.2. The number of carbonyl (C=O) groups excluding carboxylic acids is 1. The Morgan fingerprint density at radius 1 is 1.17 bits per heavy atom. The molecule has 3 N–H and O–H groups in total. The minimum Gasteiger partial charge on any atom is -0.481 e. The Morgan fingerprint density at radius 3 is 2.33 bits per heavy atom. The minimum absolute atomic E-state index is 0.0132. The average Bonchev–Trinajstić information content (AvgIpc) is 2.35. The maximum Gasteiger partial charge on any atom is 0.307 e. The molecule has 0 aliphatic carbocycles. The fraction of sp³-hybridized carbons (Fsp3) is 0.385. The van der Waals surface area contributed by atoms with Gasteiger partial charge in [0.05, 0.1) is 6.42 Å². The number of amides is 1. The molecule has 0 atom stereocenters. The van der Waals surface area contributed by atoms with Crippen LogP contribution in [0.1, 0.15) is 17.5 Å². The molecule has 0 saturated heterocycles. The van der Waals surface area contributed by atoms with Crippen LogP contribution in [0.5, 0.6) is 0 Å². The molecular weight excluding hydrogens is 232 g/mol. The Labute approximate surface area is 106 Å². The number of aliphatic carboxylic acids is 1. The Balaban J connectivity index is 2.31. The monoisotopic (exact) mass is 250 g/mol. The lowest BCUT2D eigenvalue weighted by molar-refractivity contribution is -0.136. The third-order valence-electron chi connectivity index (χ3n) is 2.52. The molecule has 18 heavy (non-hydrogen) atoms. The van der Waals surface area contributed by atoms with Crippen LogP contribution in [0, 0.1) is 0 Å². The Kier molecular flexibility index (Phi) is 5.87. The smallest absolute Gasteiger partial charge is 0.307 e. The first-order valence-electron chi connectivity index (χ1n) is 5.82. The maximum absolute atomic E-state index is 11.0. The van der Waals surface area contributed by atoms with E-state index in [0.717, 1.165) is 11.1 Å². The van der Waals surface area contributed by atoms with Crippen molar-refractivity contribution in [1.82, 2.24) is 10.6 Å². The van der Waals surface area contributed by atoms with Gasteiger partial charge in [-0.1, -0.05) is 24.3 Å². The highest BCUT2D eigenvalue weighted by atomic mass is 16.4. The molecule has 0 bridgehead atoms. The van der Waals surface area contributed by atoms with Crippen LogP contribution in [0.15, 0.2) is 24.3 Å². The van der Waals surface area contributed by atoms with E-state index in [1.165, 1.54) is 0 Å². The van der Waals surface area contributed by atoms with Gasteiger partial charge in [0.15, 0.2) is 0 Å². The molecule has 0 fully saturated rings.